The normalized spacial score (nSPS) is 10.1. The molecule has 0 saturated carbocycles. The minimum atomic E-state index is -0.461. The molecule has 0 atom stereocenters. The molecule has 1 rings (SSSR count). The minimum absolute atomic E-state index is 0.00801. The number of nitrogens with one attached hydrogen (secondary N) is 1. The molecular weight excluding hydrogens is 228 g/mol. The zero-order valence-corrected chi connectivity index (χ0v) is 9.75. The van der Waals surface area contributed by atoms with Crippen LogP contribution in [0.5, 0.6) is 0 Å². The fourth-order valence-corrected chi connectivity index (χ4v) is 1.45. The first-order chi connectivity index (χ1) is 7.50. The van der Waals surface area contributed by atoms with Gasteiger partial charge in [-0.1, -0.05) is 23.8 Å². The van der Waals surface area contributed by atoms with Gasteiger partial charge in [-0.25, -0.2) is 0 Å². The van der Waals surface area contributed by atoms with E-state index in [1.807, 2.05) is 6.92 Å². The first-order valence-electron chi connectivity index (χ1n) is 4.78. The Morgan fingerprint density at radius 1 is 1.62 bits per heavy atom. The molecule has 0 spiro atoms. The van der Waals surface area contributed by atoms with Crippen LogP contribution in [0.3, 0.4) is 0 Å². The molecule has 0 aliphatic heterocycles. The van der Waals surface area contributed by atoms with Crippen LogP contribution in [0.1, 0.15) is 12.5 Å². The summed E-state index contributed by atoms with van der Waals surface area (Å²) in [6.45, 7) is 6.96. The Bertz CT molecular complexity index is 418. The van der Waals surface area contributed by atoms with Crippen molar-refractivity contribution in [1.82, 2.24) is 5.32 Å². The van der Waals surface area contributed by atoms with Crippen molar-refractivity contribution in [3.8, 4) is 0 Å². The molecule has 0 fully saturated rings. The van der Waals surface area contributed by atoms with E-state index in [2.05, 4.69) is 11.9 Å². The highest BCUT2D eigenvalue weighted by Gasteiger charge is 2.08. The van der Waals surface area contributed by atoms with Crippen molar-refractivity contribution in [2.24, 2.45) is 0 Å². The van der Waals surface area contributed by atoms with Gasteiger partial charge in [0, 0.05) is 25.2 Å². The lowest BCUT2D eigenvalue weighted by Crippen LogP contribution is -2.15. The van der Waals surface area contributed by atoms with Gasteiger partial charge in [0.25, 0.3) is 5.69 Å². The molecule has 0 saturated heterocycles. The zero-order chi connectivity index (χ0) is 12.1. The Labute approximate surface area is 99.1 Å². The molecule has 1 aromatic carbocycles. The van der Waals surface area contributed by atoms with Crippen molar-refractivity contribution in [1.29, 1.82) is 0 Å². The molecule has 1 aromatic rings. The van der Waals surface area contributed by atoms with Crippen molar-refractivity contribution in [3.05, 3.63) is 51.1 Å². The first kappa shape index (κ1) is 12.7. The number of halogens is 1. The van der Waals surface area contributed by atoms with E-state index >= 15 is 0 Å². The molecule has 0 bridgehead atoms. The third kappa shape index (κ3) is 3.64. The number of hydrogen-bond acceptors (Lipinski definition) is 3. The zero-order valence-electron chi connectivity index (χ0n) is 9.00. The predicted octanol–water partition coefficient (Wildman–Crippen LogP) is 2.91. The van der Waals surface area contributed by atoms with Crippen LogP contribution in [0.15, 0.2) is 30.4 Å². The SMILES string of the molecule is C=C(C)CNCc1ccc([N+](=O)[O-])cc1Cl. The van der Waals surface area contributed by atoms with E-state index in [9.17, 15) is 10.1 Å². The van der Waals surface area contributed by atoms with E-state index in [1.54, 1.807) is 6.07 Å². The molecule has 0 unspecified atom stereocenters. The summed E-state index contributed by atoms with van der Waals surface area (Å²) < 4.78 is 0. The maximum absolute atomic E-state index is 10.5. The third-order valence-electron chi connectivity index (χ3n) is 1.99. The van der Waals surface area contributed by atoms with Gasteiger partial charge < -0.3 is 5.32 Å². The van der Waals surface area contributed by atoms with Gasteiger partial charge in [0.1, 0.15) is 0 Å². The summed E-state index contributed by atoms with van der Waals surface area (Å²) in [5.74, 6) is 0. The minimum Gasteiger partial charge on any atom is -0.309 e. The Kier molecular flexibility index (Phi) is 4.46. The molecule has 5 heteroatoms. The van der Waals surface area contributed by atoms with Gasteiger partial charge >= 0.3 is 0 Å². The highest BCUT2D eigenvalue weighted by molar-refractivity contribution is 6.31. The second kappa shape index (κ2) is 5.63. The lowest BCUT2D eigenvalue weighted by Gasteiger charge is -2.06. The van der Waals surface area contributed by atoms with Crippen molar-refractivity contribution < 1.29 is 4.92 Å². The lowest BCUT2D eigenvalue weighted by atomic mass is 10.2. The Balaban J connectivity index is 2.68. The van der Waals surface area contributed by atoms with Gasteiger partial charge in [-0.3, -0.25) is 10.1 Å². The summed E-state index contributed by atoms with van der Waals surface area (Å²) in [5.41, 5.74) is 1.88. The average Bonchev–Trinajstić information content (AvgIpc) is 2.19. The molecule has 0 aliphatic carbocycles. The Hall–Kier alpha value is -1.39. The molecule has 1 N–H and O–H groups in total. The van der Waals surface area contributed by atoms with Crippen molar-refractivity contribution >= 4 is 17.3 Å². The molecule has 0 radical (unpaired) electrons. The summed E-state index contributed by atoms with van der Waals surface area (Å²) in [6.07, 6.45) is 0. The number of nitro benzene ring substituents is 1. The molecular formula is C11H13ClN2O2. The highest BCUT2D eigenvalue weighted by Crippen LogP contribution is 2.22. The largest absolute Gasteiger partial charge is 0.309 e. The van der Waals surface area contributed by atoms with Crippen LogP contribution in [0.4, 0.5) is 5.69 Å². The summed E-state index contributed by atoms with van der Waals surface area (Å²) in [5, 5.41) is 14.0. The van der Waals surface area contributed by atoms with Crippen molar-refractivity contribution in [3.63, 3.8) is 0 Å². The van der Waals surface area contributed by atoms with Gasteiger partial charge in [-0.15, -0.1) is 0 Å². The second-order valence-electron chi connectivity index (χ2n) is 3.59. The van der Waals surface area contributed by atoms with E-state index in [0.29, 0.717) is 18.1 Å². The molecule has 86 valence electrons. The second-order valence-corrected chi connectivity index (χ2v) is 4.00. The number of hydrogen-bond donors (Lipinski definition) is 1. The van der Waals surface area contributed by atoms with Gasteiger partial charge in [-0.2, -0.15) is 0 Å². The standard InChI is InChI=1S/C11H13ClN2O2/c1-8(2)6-13-7-9-3-4-10(14(15)16)5-11(9)12/h3-5,13H,1,6-7H2,2H3. The summed E-state index contributed by atoms with van der Waals surface area (Å²) in [6, 6.07) is 4.47. The molecule has 0 aromatic heterocycles. The quantitative estimate of drug-likeness (QED) is 0.489. The lowest BCUT2D eigenvalue weighted by molar-refractivity contribution is -0.384. The van der Waals surface area contributed by atoms with Crippen LogP contribution in [0, 0.1) is 10.1 Å². The van der Waals surface area contributed by atoms with Gasteiger partial charge in [0.05, 0.1) is 9.95 Å². The van der Waals surface area contributed by atoms with E-state index in [0.717, 1.165) is 11.1 Å². The van der Waals surface area contributed by atoms with Crippen LogP contribution in [0.2, 0.25) is 5.02 Å². The molecule has 0 aliphatic rings. The average molecular weight is 241 g/mol. The smallest absolute Gasteiger partial charge is 0.270 e. The van der Waals surface area contributed by atoms with Crippen LogP contribution >= 0.6 is 11.6 Å². The monoisotopic (exact) mass is 240 g/mol. The van der Waals surface area contributed by atoms with Crippen LogP contribution < -0.4 is 5.32 Å². The maximum Gasteiger partial charge on any atom is 0.270 e. The van der Waals surface area contributed by atoms with Crippen molar-refractivity contribution in [2.75, 3.05) is 6.54 Å². The Morgan fingerprint density at radius 2 is 2.31 bits per heavy atom. The van der Waals surface area contributed by atoms with Crippen molar-refractivity contribution in [2.45, 2.75) is 13.5 Å². The number of rotatable bonds is 5. The summed E-state index contributed by atoms with van der Waals surface area (Å²) in [4.78, 5) is 10.0. The topological polar surface area (TPSA) is 55.2 Å². The molecule has 0 heterocycles. The first-order valence-corrected chi connectivity index (χ1v) is 5.16. The fraction of sp³-hybridized carbons (Fsp3) is 0.273. The number of nitro groups is 1. The predicted molar refractivity (Wildman–Crippen MR) is 64.6 cm³/mol. The fourth-order valence-electron chi connectivity index (χ4n) is 1.20. The van der Waals surface area contributed by atoms with E-state index in [1.165, 1.54) is 12.1 Å². The van der Waals surface area contributed by atoms with Crippen LogP contribution in [-0.2, 0) is 6.54 Å². The summed E-state index contributed by atoms with van der Waals surface area (Å²) >= 11 is 5.92. The Morgan fingerprint density at radius 3 is 2.81 bits per heavy atom. The van der Waals surface area contributed by atoms with E-state index in [4.69, 9.17) is 11.6 Å². The third-order valence-corrected chi connectivity index (χ3v) is 2.34. The molecule has 4 nitrogen and oxygen atoms in total. The summed E-state index contributed by atoms with van der Waals surface area (Å²) in [7, 11) is 0. The maximum atomic E-state index is 10.5. The number of benzene rings is 1. The highest BCUT2D eigenvalue weighted by atomic mass is 35.5. The number of non-ortho nitro benzene ring substituents is 1. The molecule has 16 heavy (non-hydrogen) atoms. The van der Waals surface area contributed by atoms with E-state index < -0.39 is 4.92 Å². The van der Waals surface area contributed by atoms with Crippen LogP contribution in [-0.4, -0.2) is 11.5 Å². The van der Waals surface area contributed by atoms with Gasteiger partial charge in [-0.05, 0) is 18.6 Å². The molecule has 0 amide bonds. The van der Waals surface area contributed by atoms with E-state index in [-0.39, 0.29) is 5.69 Å². The van der Waals surface area contributed by atoms with Crippen LogP contribution in [0.25, 0.3) is 0 Å². The van der Waals surface area contributed by atoms with Gasteiger partial charge in [0.2, 0.25) is 0 Å². The van der Waals surface area contributed by atoms with Gasteiger partial charge in [0.15, 0.2) is 0 Å². The number of nitrogens with zero attached hydrogens (tertiary/aromatic N) is 1.